The summed E-state index contributed by atoms with van der Waals surface area (Å²) in [6.07, 6.45) is 8.03. The van der Waals surface area contributed by atoms with Crippen molar-refractivity contribution >= 4 is 15.9 Å². The van der Waals surface area contributed by atoms with Gasteiger partial charge < -0.3 is 9.73 Å². The Morgan fingerprint density at radius 2 is 2.19 bits per heavy atom. The summed E-state index contributed by atoms with van der Waals surface area (Å²) in [6.45, 7) is 4.02. The number of pyridine rings is 1. The number of hydrogen-bond acceptors (Lipinski definition) is 4. The second-order valence-electron chi connectivity index (χ2n) is 5.42. The minimum Gasteiger partial charge on any atom is -0.468 e. The average Bonchev–Trinajstić information content (AvgIpc) is 3.17. The van der Waals surface area contributed by atoms with Gasteiger partial charge in [-0.15, -0.1) is 0 Å². The highest BCUT2D eigenvalue weighted by Gasteiger charge is 2.24. The van der Waals surface area contributed by atoms with E-state index < -0.39 is 0 Å². The largest absolute Gasteiger partial charge is 0.468 e. The molecule has 1 saturated heterocycles. The number of likely N-dealkylation sites (tertiary alicyclic amines) is 1. The van der Waals surface area contributed by atoms with E-state index in [1.165, 1.54) is 18.4 Å². The minimum atomic E-state index is 0.322. The van der Waals surface area contributed by atoms with Crippen molar-refractivity contribution in [2.75, 3.05) is 19.6 Å². The number of nitrogens with one attached hydrogen (secondary N) is 1. The zero-order chi connectivity index (χ0) is 14.5. The van der Waals surface area contributed by atoms with Crippen LogP contribution in [0.1, 0.15) is 30.2 Å². The second kappa shape index (κ2) is 7.20. The molecule has 1 aliphatic rings. The third kappa shape index (κ3) is 3.93. The molecular formula is C16H20BrN3O. The first-order chi connectivity index (χ1) is 10.3. The molecule has 2 aromatic rings. The summed E-state index contributed by atoms with van der Waals surface area (Å²) in [5, 5.41) is 3.53. The molecule has 3 heterocycles. The van der Waals surface area contributed by atoms with Crippen molar-refractivity contribution < 1.29 is 4.42 Å². The number of rotatable bonds is 6. The van der Waals surface area contributed by atoms with Gasteiger partial charge in [0, 0.05) is 30.0 Å². The van der Waals surface area contributed by atoms with Gasteiger partial charge in [0.15, 0.2) is 0 Å². The first-order valence-corrected chi connectivity index (χ1v) is 8.20. The molecule has 1 N–H and O–H groups in total. The van der Waals surface area contributed by atoms with Crippen molar-refractivity contribution in [2.45, 2.75) is 25.4 Å². The number of aromatic nitrogens is 1. The van der Waals surface area contributed by atoms with Gasteiger partial charge in [-0.25, -0.2) is 0 Å². The maximum Gasteiger partial charge on any atom is 0.122 e. The predicted molar refractivity (Wildman–Crippen MR) is 85.9 cm³/mol. The van der Waals surface area contributed by atoms with Gasteiger partial charge in [0.25, 0.3) is 0 Å². The Hall–Kier alpha value is -1.17. The molecule has 0 bridgehead atoms. The van der Waals surface area contributed by atoms with E-state index in [4.69, 9.17) is 4.42 Å². The van der Waals surface area contributed by atoms with Crippen LogP contribution in [0.15, 0.2) is 45.7 Å². The van der Waals surface area contributed by atoms with Gasteiger partial charge in [-0.05, 0) is 65.6 Å². The zero-order valence-corrected chi connectivity index (χ0v) is 13.6. The standard InChI is InChI=1S/C16H20BrN3O/c17-14-8-13(9-18-11-14)10-19-12-15(16-4-3-7-21-16)20-5-1-2-6-20/h3-4,7-9,11,15,19H,1-2,5-6,10,12H2. The monoisotopic (exact) mass is 349 g/mol. The lowest BCUT2D eigenvalue weighted by atomic mass is 10.2. The molecule has 1 unspecified atom stereocenters. The minimum absolute atomic E-state index is 0.322. The molecule has 112 valence electrons. The molecule has 1 aliphatic heterocycles. The van der Waals surface area contributed by atoms with Gasteiger partial charge in [-0.3, -0.25) is 9.88 Å². The Balaban J connectivity index is 1.60. The van der Waals surface area contributed by atoms with E-state index in [0.717, 1.165) is 36.4 Å². The van der Waals surface area contributed by atoms with Crippen LogP contribution in [0.25, 0.3) is 0 Å². The predicted octanol–water partition coefficient (Wildman–Crippen LogP) is 3.36. The second-order valence-corrected chi connectivity index (χ2v) is 6.33. The van der Waals surface area contributed by atoms with Gasteiger partial charge in [0.1, 0.15) is 5.76 Å². The molecule has 0 spiro atoms. The molecule has 1 atom stereocenters. The van der Waals surface area contributed by atoms with Crippen LogP contribution in [0.2, 0.25) is 0 Å². The van der Waals surface area contributed by atoms with Crippen LogP contribution in [-0.2, 0) is 6.54 Å². The highest BCUT2D eigenvalue weighted by Crippen LogP contribution is 2.25. The van der Waals surface area contributed by atoms with Gasteiger partial charge in [-0.2, -0.15) is 0 Å². The molecule has 0 aromatic carbocycles. The van der Waals surface area contributed by atoms with Gasteiger partial charge in [0.2, 0.25) is 0 Å². The number of nitrogens with zero attached hydrogens (tertiary/aromatic N) is 2. The Labute approximate surface area is 133 Å². The van der Waals surface area contributed by atoms with Crippen molar-refractivity contribution in [1.29, 1.82) is 0 Å². The highest BCUT2D eigenvalue weighted by molar-refractivity contribution is 9.10. The summed E-state index contributed by atoms with van der Waals surface area (Å²) in [6, 6.07) is 6.46. The van der Waals surface area contributed by atoms with Crippen molar-refractivity contribution in [3.05, 3.63) is 52.7 Å². The lowest BCUT2D eigenvalue weighted by Crippen LogP contribution is -2.33. The molecular weight excluding hydrogens is 330 g/mol. The normalized spacial score (nSPS) is 17.2. The lowest BCUT2D eigenvalue weighted by Gasteiger charge is -2.26. The maximum atomic E-state index is 5.63. The molecule has 0 amide bonds. The van der Waals surface area contributed by atoms with E-state index in [2.05, 4.69) is 43.3 Å². The SMILES string of the molecule is Brc1cncc(CNCC(c2ccco2)N2CCCC2)c1. The smallest absolute Gasteiger partial charge is 0.122 e. The molecule has 0 saturated carbocycles. The average molecular weight is 350 g/mol. The van der Waals surface area contributed by atoms with Crippen molar-refractivity contribution in [2.24, 2.45) is 0 Å². The van der Waals surface area contributed by atoms with E-state index in [-0.39, 0.29) is 0 Å². The molecule has 0 radical (unpaired) electrons. The van der Waals surface area contributed by atoms with Crippen LogP contribution in [-0.4, -0.2) is 29.5 Å². The maximum absolute atomic E-state index is 5.63. The van der Waals surface area contributed by atoms with Crippen molar-refractivity contribution in [3.8, 4) is 0 Å². The lowest BCUT2D eigenvalue weighted by molar-refractivity contribution is 0.209. The van der Waals surface area contributed by atoms with E-state index >= 15 is 0 Å². The van der Waals surface area contributed by atoms with E-state index in [0.29, 0.717) is 6.04 Å². The van der Waals surface area contributed by atoms with Gasteiger partial charge >= 0.3 is 0 Å². The zero-order valence-electron chi connectivity index (χ0n) is 12.0. The Morgan fingerprint density at radius 3 is 2.90 bits per heavy atom. The summed E-state index contributed by atoms with van der Waals surface area (Å²) >= 11 is 3.45. The summed E-state index contributed by atoms with van der Waals surface area (Å²) in [5.74, 6) is 1.05. The topological polar surface area (TPSA) is 41.3 Å². The molecule has 5 heteroatoms. The fourth-order valence-corrected chi connectivity index (χ4v) is 3.26. The molecule has 1 fully saturated rings. The number of furan rings is 1. The summed E-state index contributed by atoms with van der Waals surface area (Å²) < 4.78 is 6.65. The van der Waals surface area contributed by atoms with Crippen LogP contribution in [0.3, 0.4) is 0 Å². The van der Waals surface area contributed by atoms with Crippen molar-refractivity contribution in [3.63, 3.8) is 0 Å². The fraction of sp³-hybridized carbons (Fsp3) is 0.438. The highest BCUT2D eigenvalue weighted by atomic mass is 79.9. The van der Waals surface area contributed by atoms with Crippen LogP contribution in [0.4, 0.5) is 0 Å². The summed E-state index contributed by atoms with van der Waals surface area (Å²) in [4.78, 5) is 6.70. The van der Waals surface area contributed by atoms with Crippen LogP contribution >= 0.6 is 15.9 Å². The van der Waals surface area contributed by atoms with Gasteiger partial charge in [0.05, 0.1) is 12.3 Å². The summed E-state index contributed by atoms with van der Waals surface area (Å²) in [7, 11) is 0. The van der Waals surface area contributed by atoms with Crippen molar-refractivity contribution in [1.82, 2.24) is 15.2 Å². The first kappa shape index (κ1) is 14.8. The Kier molecular flexibility index (Phi) is 5.06. The van der Waals surface area contributed by atoms with E-state index in [9.17, 15) is 0 Å². The first-order valence-electron chi connectivity index (χ1n) is 7.40. The van der Waals surface area contributed by atoms with E-state index in [1.54, 1.807) is 12.5 Å². The molecule has 0 aliphatic carbocycles. The number of halogens is 1. The third-order valence-corrected chi connectivity index (χ3v) is 4.32. The van der Waals surface area contributed by atoms with Gasteiger partial charge in [-0.1, -0.05) is 0 Å². The van der Waals surface area contributed by atoms with E-state index in [1.807, 2.05) is 12.3 Å². The Bertz CT molecular complexity index is 552. The summed E-state index contributed by atoms with van der Waals surface area (Å²) in [5.41, 5.74) is 1.18. The Morgan fingerprint density at radius 1 is 1.33 bits per heavy atom. The number of hydrogen-bond donors (Lipinski definition) is 1. The molecule has 21 heavy (non-hydrogen) atoms. The molecule has 4 nitrogen and oxygen atoms in total. The third-order valence-electron chi connectivity index (χ3n) is 3.88. The molecule has 3 rings (SSSR count). The molecule has 2 aromatic heterocycles. The fourth-order valence-electron chi connectivity index (χ4n) is 2.85. The quantitative estimate of drug-likeness (QED) is 0.867. The van der Waals surface area contributed by atoms with Crippen LogP contribution in [0, 0.1) is 0 Å². The van der Waals surface area contributed by atoms with Crippen LogP contribution in [0.5, 0.6) is 0 Å². The van der Waals surface area contributed by atoms with Crippen LogP contribution < -0.4 is 5.32 Å².